The summed E-state index contributed by atoms with van der Waals surface area (Å²) >= 11 is 0. The van der Waals surface area contributed by atoms with Crippen molar-refractivity contribution in [2.75, 3.05) is 12.4 Å². The van der Waals surface area contributed by atoms with Gasteiger partial charge >= 0.3 is 0 Å². The molecule has 1 aliphatic rings. The van der Waals surface area contributed by atoms with Gasteiger partial charge in [0.25, 0.3) is 0 Å². The molecule has 0 saturated heterocycles. The van der Waals surface area contributed by atoms with E-state index < -0.39 is 11.8 Å². The van der Waals surface area contributed by atoms with Crippen molar-refractivity contribution in [2.45, 2.75) is 57.6 Å². The standard InChI is InChI=1S/C25H29N7O2/c1-15(11-26)22-10-17(4-9-21(22)24(27)33)23-16(2)12-28-25(31-23)30-18-13-29-32(14-18)19-5-7-20(34-3)8-6-19/h4,9-10,12-15,19-20H,5-8H2,1-3H3,(H2,27,33)(H,28,30,31)/t15-,19?,20?/m1/s1. The number of carbonyl (C=O) groups excluding carboxylic acids is 1. The highest BCUT2D eigenvalue weighted by atomic mass is 16.5. The van der Waals surface area contributed by atoms with Crippen molar-refractivity contribution in [3.63, 3.8) is 0 Å². The van der Waals surface area contributed by atoms with E-state index in [0.29, 0.717) is 34.9 Å². The molecule has 1 aromatic carbocycles. The van der Waals surface area contributed by atoms with Crippen molar-refractivity contribution >= 4 is 17.5 Å². The van der Waals surface area contributed by atoms with Gasteiger partial charge in [0, 0.05) is 30.6 Å². The van der Waals surface area contributed by atoms with Crippen LogP contribution >= 0.6 is 0 Å². The van der Waals surface area contributed by atoms with Crippen molar-refractivity contribution in [1.82, 2.24) is 19.7 Å². The largest absolute Gasteiger partial charge is 0.381 e. The molecule has 0 unspecified atom stereocenters. The Balaban J connectivity index is 1.56. The number of aryl methyl sites for hydroxylation is 1. The molecule has 0 radical (unpaired) electrons. The molecular formula is C25H29N7O2. The number of amides is 1. The van der Waals surface area contributed by atoms with Crippen LogP contribution in [0.5, 0.6) is 0 Å². The third-order valence-electron chi connectivity index (χ3n) is 6.43. The Hall–Kier alpha value is -3.77. The quantitative estimate of drug-likeness (QED) is 0.540. The predicted octanol–water partition coefficient (Wildman–Crippen LogP) is 4.25. The molecule has 9 heteroatoms. The zero-order chi connectivity index (χ0) is 24.2. The van der Waals surface area contributed by atoms with Crippen LogP contribution in [0.25, 0.3) is 11.3 Å². The van der Waals surface area contributed by atoms with Crippen LogP contribution in [-0.2, 0) is 4.74 Å². The Morgan fingerprint density at radius 2 is 2.06 bits per heavy atom. The van der Waals surface area contributed by atoms with E-state index in [1.165, 1.54) is 0 Å². The van der Waals surface area contributed by atoms with Gasteiger partial charge in [-0.15, -0.1) is 0 Å². The van der Waals surface area contributed by atoms with Crippen LogP contribution in [0, 0.1) is 18.3 Å². The summed E-state index contributed by atoms with van der Waals surface area (Å²) in [4.78, 5) is 21.0. The van der Waals surface area contributed by atoms with E-state index in [2.05, 4.69) is 21.5 Å². The van der Waals surface area contributed by atoms with E-state index in [-0.39, 0.29) is 0 Å². The molecule has 1 atom stereocenters. The summed E-state index contributed by atoms with van der Waals surface area (Å²) in [5, 5.41) is 17.2. The maximum absolute atomic E-state index is 11.8. The Morgan fingerprint density at radius 3 is 2.74 bits per heavy atom. The molecule has 4 rings (SSSR count). The van der Waals surface area contributed by atoms with Crippen LogP contribution < -0.4 is 11.1 Å². The first kappa shape index (κ1) is 23.4. The molecule has 176 valence electrons. The fourth-order valence-electron chi connectivity index (χ4n) is 4.43. The highest BCUT2D eigenvalue weighted by molar-refractivity contribution is 5.95. The lowest BCUT2D eigenvalue weighted by Crippen LogP contribution is -2.22. The summed E-state index contributed by atoms with van der Waals surface area (Å²) < 4.78 is 7.47. The van der Waals surface area contributed by atoms with Crippen LogP contribution in [0.3, 0.4) is 0 Å². The van der Waals surface area contributed by atoms with Gasteiger partial charge in [0.1, 0.15) is 0 Å². The van der Waals surface area contributed by atoms with E-state index >= 15 is 0 Å². The number of primary amides is 1. The Morgan fingerprint density at radius 1 is 1.29 bits per heavy atom. The van der Waals surface area contributed by atoms with Crippen molar-refractivity contribution in [3.05, 3.63) is 53.5 Å². The first-order valence-electron chi connectivity index (χ1n) is 11.4. The number of hydrogen-bond donors (Lipinski definition) is 2. The van der Waals surface area contributed by atoms with Crippen molar-refractivity contribution < 1.29 is 9.53 Å². The van der Waals surface area contributed by atoms with E-state index in [1.807, 2.05) is 23.9 Å². The van der Waals surface area contributed by atoms with Gasteiger partial charge in [0.2, 0.25) is 11.9 Å². The second-order valence-electron chi connectivity index (χ2n) is 8.74. The van der Waals surface area contributed by atoms with E-state index in [4.69, 9.17) is 15.5 Å². The Kier molecular flexibility index (Phi) is 6.89. The minimum Gasteiger partial charge on any atom is -0.381 e. The Labute approximate surface area is 199 Å². The van der Waals surface area contributed by atoms with E-state index in [1.54, 1.807) is 38.6 Å². The molecule has 2 heterocycles. The van der Waals surface area contributed by atoms with Gasteiger partial charge in [-0.1, -0.05) is 6.07 Å². The van der Waals surface area contributed by atoms with Crippen LogP contribution in [0.2, 0.25) is 0 Å². The number of ether oxygens (including phenoxy) is 1. The van der Waals surface area contributed by atoms with E-state index in [9.17, 15) is 10.1 Å². The molecule has 0 spiro atoms. The van der Waals surface area contributed by atoms with Gasteiger partial charge in [0.15, 0.2) is 0 Å². The molecule has 1 saturated carbocycles. The average molecular weight is 460 g/mol. The minimum absolute atomic E-state index is 0.342. The normalized spacial score (nSPS) is 18.8. The summed E-state index contributed by atoms with van der Waals surface area (Å²) in [7, 11) is 1.77. The number of carbonyl (C=O) groups is 1. The molecule has 1 aliphatic carbocycles. The third-order valence-corrected chi connectivity index (χ3v) is 6.43. The smallest absolute Gasteiger partial charge is 0.249 e. The number of benzene rings is 1. The van der Waals surface area contributed by atoms with Gasteiger partial charge in [-0.2, -0.15) is 10.4 Å². The van der Waals surface area contributed by atoms with Crippen LogP contribution in [-0.4, -0.2) is 38.9 Å². The first-order chi connectivity index (χ1) is 16.4. The number of hydrogen-bond acceptors (Lipinski definition) is 7. The van der Waals surface area contributed by atoms with Crippen molar-refractivity contribution in [1.29, 1.82) is 5.26 Å². The number of rotatable bonds is 7. The molecule has 3 aromatic rings. The third kappa shape index (κ3) is 4.92. The number of nitrogens with one attached hydrogen (secondary N) is 1. The SMILES string of the molecule is COC1CCC(n2cc(Nc3ncc(C)c(-c4ccc(C(N)=O)c([C@H](C)C#N)c4)n3)cn2)CC1. The minimum atomic E-state index is -0.557. The number of aromatic nitrogens is 4. The lowest BCUT2D eigenvalue weighted by atomic mass is 9.93. The molecule has 1 fully saturated rings. The van der Waals surface area contributed by atoms with Gasteiger partial charge in [-0.05, 0) is 62.8 Å². The molecular weight excluding hydrogens is 430 g/mol. The van der Waals surface area contributed by atoms with Crippen molar-refractivity contribution in [3.8, 4) is 17.3 Å². The average Bonchev–Trinajstić information content (AvgIpc) is 3.32. The molecule has 0 bridgehead atoms. The maximum Gasteiger partial charge on any atom is 0.249 e. The summed E-state index contributed by atoms with van der Waals surface area (Å²) in [6, 6.07) is 7.79. The molecule has 34 heavy (non-hydrogen) atoms. The van der Waals surface area contributed by atoms with Crippen molar-refractivity contribution in [2.24, 2.45) is 5.73 Å². The number of nitriles is 1. The van der Waals surface area contributed by atoms with Gasteiger partial charge in [-0.25, -0.2) is 9.97 Å². The lowest BCUT2D eigenvalue weighted by molar-refractivity contribution is 0.0568. The predicted molar refractivity (Wildman–Crippen MR) is 129 cm³/mol. The summed E-state index contributed by atoms with van der Waals surface area (Å²) in [5.74, 6) is -0.595. The number of nitrogens with two attached hydrogens (primary N) is 1. The topological polar surface area (TPSA) is 132 Å². The zero-order valence-electron chi connectivity index (χ0n) is 19.7. The van der Waals surface area contributed by atoms with Gasteiger partial charge < -0.3 is 15.8 Å². The van der Waals surface area contributed by atoms with E-state index in [0.717, 1.165) is 42.5 Å². The van der Waals surface area contributed by atoms with Gasteiger partial charge in [-0.3, -0.25) is 9.48 Å². The molecule has 2 aromatic heterocycles. The molecule has 1 amide bonds. The van der Waals surface area contributed by atoms with Crippen LogP contribution in [0.15, 0.2) is 36.8 Å². The molecule has 9 nitrogen and oxygen atoms in total. The summed E-state index contributed by atoms with van der Waals surface area (Å²) in [6.07, 6.45) is 10.00. The van der Waals surface area contributed by atoms with Crippen LogP contribution in [0.1, 0.15) is 66.1 Å². The highest BCUT2D eigenvalue weighted by Crippen LogP contribution is 2.31. The molecule has 3 N–H and O–H groups in total. The summed E-state index contributed by atoms with van der Waals surface area (Å²) in [5.41, 5.74) is 9.62. The number of nitrogens with zero attached hydrogens (tertiary/aromatic N) is 5. The first-order valence-corrected chi connectivity index (χ1v) is 11.4. The maximum atomic E-state index is 11.8. The van der Waals surface area contributed by atoms with Crippen LogP contribution in [0.4, 0.5) is 11.6 Å². The second kappa shape index (κ2) is 10.0. The number of methoxy groups -OCH3 is 1. The highest BCUT2D eigenvalue weighted by Gasteiger charge is 2.23. The number of anilines is 2. The zero-order valence-corrected chi connectivity index (χ0v) is 19.7. The molecule has 0 aliphatic heterocycles. The fourth-order valence-corrected chi connectivity index (χ4v) is 4.43. The van der Waals surface area contributed by atoms with Gasteiger partial charge in [0.05, 0.1) is 41.7 Å². The Bertz CT molecular complexity index is 1220. The second-order valence-corrected chi connectivity index (χ2v) is 8.74. The summed E-state index contributed by atoms with van der Waals surface area (Å²) in [6.45, 7) is 3.66. The fraction of sp³-hybridized carbons (Fsp3) is 0.400. The lowest BCUT2D eigenvalue weighted by Gasteiger charge is -2.27. The monoisotopic (exact) mass is 459 g/mol.